The number of nitrogens with one attached hydrogen (secondary N) is 1. The highest BCUT2D eigenvalue weighted by atomic mass is 16.5. The minimum absolute atomic E-state index is 0.291. The van der Waals surface area contributed by atoms with Crippen molar-refractivity contribution in [2.24, 2.45) is 5.84 Å². The summed E-state index contributed by atoms with van der Waals surface area (Å²) in [7, 11) is 1.74. The SMILES string of the molecule is COC1CCN(c2nc(NN)nc(-n3cncn3)n2)CC1. The van der Waals surface area contributed by atoms with Crippen LogP contribution in [0.5, 0.6) is 0 Å². The fourth-order valence-corrected chi connectivity index (χ4v) is 2.27. The average molecular weight is 291 g/mol. The predicted octanol–water partition coefficient (Wildman–Crippen LogP) is -0.647. The van der Waals surface area contributed by atoms with Crippen LogP contribution in [0.15, 0.2) is 12.7 Å². The molecule has 3 N–H and O–H groups in total. The number of hydrazine groups is 1. The van der Waals surface area contributed by atoms with E-state index < -0.39 is 0 Å². The predicted molar refractivity (Wildman–Crippen MR) is 74.8 cm³/mol. The van der Waals surface area contributed by atoms with E-state index >= 15 is 0 Å². The number of nitrogen functional groups attached to an aromatic ring is 1. The Kier molecular flexibility index (Phi) is 3.88. The summed E-state index contributed by atoms with van der Waals surface area (Å²) in [4.78, 5) is 18.9. The van der Waals surface area contributed by atoms with Crippen LogP contribution in [0.2, 0.25) is 0 Å². The van der Waals surface area contributed by atoms with E-state index in [1.165, 1.54) is 17.3 Å². The smallest absolute Gasteiger partial charge is 0.258 e. The Hall–Kier alpha value is -2.33. The standard InChI is InChI=1S/C11H17N9O/c1-21-8-2-4-19(5-3-8)10-15-9(18-12)16-11(17-10)20-7-13-6-14-20/h6-8H,2-5,12H2,1H3,(H,15,16,17,18). The quantitative estimate of drug-likeness (QED) is 0.559. The Morgan fingerprint density at radius 2 is 2.00 bits per heavy atom. The molecule has 2 aromatic rings. The number of hydrogen-bond donors (Lipinski definition) is 2. The first-order valence-corrected chi connectivity index (χ1v) is 6.65. The third-order valence-corrected chi connectivity index (χ3v) is 3.42. The average Bonchev–Trinajstić information content (AvgIpc) is 3.09. The molecular weight excluding hydrogens is 274 g/mol. The van der Waals surface area contributed by atoms with Crippen LogP contribution < -0.4 is 16.2 Å². The van der Waals surface area contributed by atoms with Crippen LogP contribution in [0.1, 0.15) is 12.8 Å². The van der Waals surface area contributed by atoms with Gasteiger partial charge in [0, 0.05) is 20.2 Å². The third-order valence-electron chi connectivity index (χ3n) is 3.42. The van der Waals surface area contributed by atoms with Gasteiger partial charge in [-0.05, 0) is 12.8 Å². The summed E-state index contributed by atoms with van der Waals surface area (Å²) >= 11 is 0. The maximum absolute atomic E-state index is 5.43. The van der Waals surface area contributed by atoms with Crippen LogP contribution in [0.3, 0.4) is 0 Å². The van der Waals surface area contributed by atoms with E-state index in [1.54, 1.807) is 7.11 Å². The molecule has 0 spiro atoms. The van der Waals surface area contributed by atoms with Gasteiger partial charge in [0.15, 0.2) is 0 Å². The largest absolute Gasteiger partial charge is 0.381 e. The summed E-state index contributed by atoms with van der Waals surface area (Å²) in [5.74, 6) is 6.66. The first-order chi connectivity index (χ1) is 10.3. The lowest BCUT2D eigenvalue weighted by atomic mass is 10.1. The van der Waals surface area contributed by atoms with Crippen LogP contribution in [0.25, 0.3) is 5.95 Å². The minimum atomic E-state index is 0.291. The van der Waals surface area contributed by atoms with Crippen molar-refractivity contribution in [2.75, 3.05) is 30.5 Å². The molecule has 3 rings (SSSR count). The second kappa shape index (κ2) is 5.97. The lowest BCUT2D eigenvalue weighted by Crippen LogP contribution is -2.38. The Balaban J connectivity index is 1.86. The number of nitrogens with zero attached hydrogens (tertiary/aromatic N) is 7. The molecule has 0 amide bonds. The summed E-state index contributed by atoms with van der Waals surface area (Å²) in [6.07, 6.45) is 5.11. The topological polar surface area (TPSA) is 120 Å². The summed E-state index contributed by atoms with van der Waals surface area (Å²) in [5, 5.41) is 4.02. The van der Waals surface area contributed by atoms with E-state index in [0.29, 0.717) is 23.9 Å². The highest BCUT2D eigenvalue weighted by Gasteiger charge is 2.22. The molecular formula is C11H17N9O. The van der Waals surface area contributed by atoms with Crippen molar-refractivity contribution in [3.63, 3.8) is 0 Å². The van der Waals surface area contributed by atoms with E-state index in [4.69, 9.17) is 10.6 Å². The van der Waals surface area contributed by atoms with Crippen molar-refractivity contribution in [3.8, 4) is 5.95 Å². The van der Waals surface area contributed by atoms with Gasteiger partial charge in [0.1, 0.15) is 12.7 Å². The van der Waals surface area contributed by atoms with E-state index in [2.05, 4.69) is 35.4 Å². The second-order valence-electron chi connectivity index (χ2n) is 4.67. The van der Waals surface area contributed by atoms with Gasteiger partial charge in [-0.15, -0.1) is 0 Å². The fraction of sp³-hybridized carbons (Fsp3) is 0.545. The van der Waals surface area contributed by atoms with Gasteiger partial charge in [0.25, 0.3) is 5.95 Å². The van der Waals surface area contributed by atoms with Gasteiger partial charge in [-0.3, -0.25) is 5.43 Å². The van der Waals surface area contributed by atoms with Crippen molar-refractivity contribution in [1.29, 1.82) is 0 Å². The number of aromatic nitrogens is 6. The normalized spacial score (nSPS) is 16.2. The molecule has 0 saturated carbocycles. The summed E-state index contributed by atoms with van der Waals surface area (Å²) in [6, 6.07) is 0. The number of hydrogen-bond acceptors (Lipinski definition) is 9. The molecule has 2 aromatic heterocycles. The molecule has 0 radical (unpaired) electrons. The van der Waals surface area contributed by atoms with Crippen LogP contribution in [0.4, 0.5) is 11.9 Å². The number of anilines is 2. The maximum atomic E-state index is 5.43. The molecule has 0 bridgehead atoms. The Morgan fingerprint density at radius 1 is 1.24 bits per heavy atom. The van der Waals surface area contributed by atoms with Crippen LogP contribution in [0, 0.1) is 0 Å². The van der Waals surface area contributed by atoms with Gasteiger partial charge >= 0.3 is 0 Å². The lowest BCUT2D eigenvalue weighted by molar-refractivity contribution is 0.0816. The van der Waals surface area contributed by atoms with E-state index in [-0.39, 0.29) is 0 Å². The summed E-state index contributed by atoms with van der Waals surface area (Å²) in [6.45, 7) is 1.65. The number of methoxy groups -OCH3 is 1. The van der Waals surface area contributed by atoms with Gasteiger partial charge in [0.2, 0.25) is 11.9 Å². The highest BCUT2D eigenvalue weighted by molar-refractivity contribution is 5.39. The molecule has 3 heterocycles. The van der Waals surface area contributed by atoms with Crippen molar-refractivity contribution in [3.05, 3.63) is 12.7 Å². The number of ether oxygens (including phenoxy) is 1. The molecule has 1 fully saturated rings. The van der Waals surface area contributed by atoms with Crippen LogP contribution in [-0.4, -0.2) is 56.0 Å². The van der Waals surface area contributed by atoms with Gasteiger partial charge in [0.05, 0.1) is 6.10 Å². The Bertz CT molecular complexity index is 579. The Morgan fingerprint density at radius 3 is 2.62 bits per heavy atom. The van der Waals surface area contributed by atoms with Gasteiger partial charge in [-0.25, -0.2) is 10.8 Å². The molecule has 0 aliphatic carbocycles. The monoisotopic (exact) mass is 291 g/mol. The molecule has 1 aliphatic heterocycles. The van der Waals surface area contributed by atoms with Gasteiger partial charge in [-0.1, -0.05) is 0 Å². The number of nitrogens with two attached hydrogens (primary N) is 1. The first kappa shape index (κ1) is 13.6. The molecule has 0 aromatic carbocycles. The molecule has 0 unspecified atom stereocenters. The molecule has 1 aliphatic rings. The molecule has 112 valence electrons. The molecule has 1 saturated heterocycles. The summed E-state index contributed by atoms with van der Waals surface area (Å²) < 4.78 is 6.83. The van der Waals surface area contributed by atoms with Gasteiger partial charge < -0.3 is 9.64 Å². The van der Waals surface area contributed by atoms with E-state index in [9.17, 15) is 0 Å². The summed E-state index contributed by atoms with van der Waals surface area (Å²) in [5.41, 5.74) is 2.45. The van der Waals surface area contributed by atoms with Crippen LogP contribution >= 0.6 is 0 Å². The molecule has 0 atom stereocenters. The number of rotatable bonds is 4. The highest BCUT2D eigenvalue weighted by Crippen LogP contribution is 2.19. The molecule has 10 heteroatoms. The second-order valence-corrected chi connectivity index (χ2v) is 4.67. The zero-order chi connectivity index (χ0) is 14.7. The van der Waals surface area contributed by atoms with E-state index in [1.807, 2.05) is 0 Å². The molecule has 10 nitrogen and oxygen atoms in total. The zero-order valence-corrected chi connectivity index (χ0v) is 11.7. The number of piperidine rings is 1. The fourth-order valence-electron chi connectivity index (χ4n) is 2.27. The van der Waals surface area contributed by atoms with Crippen molar-refractivity contribution < 1.29 is 4.74 Å². The van der Waals surface area contributed by atoms with E-state index in [0.717, 1.165) is 25.9 Å². The zero-order valence-electron chi connectivity index (χ0n) is 11.7. The minimum Gasteiger partial charge on any atom is -0.381 e. The van der Waals surface area contributed by atoms with Crippen LogP contribution in [-0.2, 0) is 4.74 Å². The molecule has 21 heavy (non-hydrogen) atoms. The van der Waals surface area contributed by atoms with Crippen molar-refractivity contribution >= 4 is 11.9 Å². The maximum Gasteiger partial charge on any atom is 0.258 e. The first-order valence-electron chi connectivity index (χ1n) is 6.65. The lowest BCUT2D eigenvalue weighted by Gasteiger charge is -2.31. The van der Waals surface area contributed by atoms with Crippen molar-refractivity contribution in [1.82, 2.24) is 29.7 Å². The van der Waals surface area contributed by atoms with Gasteiger partial charge in [-0.2, -0.15) is 24.7 Å². The third kappa shape index (κ3) is 2.90. The van der Waals surface area contributed by atoms with Crippen molar-refractivity contribution in [2.45, 2.75) is 18.9 Å². The Labute approximate surface area is 121 Å².